The van der Waals surface area contributed by atoms with Gasteiger partial charge in [-0.05, 0) is 25.2 Å². The lowest BCUT2D eigenvalue weighted by molar-refractivity contribution is 0.0363. The van der Waals surface area contributed by atoms with Crippen LogP contribution in [0.3, 0.4) is 0 Å². The van der Waals surface area contributed by atoms with Crippen molar-refractivity contribution in [2.24, 2.45) is 5.92 Å². The molecule has 2 heteroatoms. The van der Waals surface area contributed by atoms with Crippen LogP contribution in [0.25, 0.3) is 0 Å². The van der Waals surface area contributed by atoms with Gasteiger partial charge in [-0.2, -0.15) is 0 Å². The first kappa shape index (κ1) is 8.02. The largest absolute Gasteiger partial charge is 0.396 e. The van der Waals surface area contributed by atoms with Crippen LogP contribution in [0.4, 0.5) is 0 Å². The summed E-state index contributed by atoms with van der Waals surface area (Å²) in [5.41, 5.74) is 0. The van der Waals surface area contributed by atoms with Gasteiger partial charge in [-0.3, -0.25) is 0 Å². The average molecular weight is 144 g/mol. The Morgan fingerprint density at radius 2 is 2.30 bits per heavy atom. The van der Waals surface area contributed by atoms with Crippen molar-refractivity contribution < 1.29 is 9.84 Å². The molecule has 2 nitrogen and oxygen atoms in total. The van der Waals surface area contributed by atoms with E-state index in [4.69, 9.17) is 9.84 Å². The van der Waals surface area contributed by atoms with E-state index < -0.39 is 0 Å². The van der Waals surface area contributed by atoms with E-state index in [1.807, 2.05) is 0 Å². The number of aliphatic hydroxyl groups is 1. The SMILES string of the molecule is CO[C@@H]1CCC[C@H](CO)C1. The normalized spacial score (nSPS) is 34.2. The molecule has 2 atom stereocenters. The molecule has 10 heavy (non-hydrogen) atoms. The maximum atomic E-state index is 8.85. The summed E-state index contributed by atoms with van der Waals surface area (Å²) in [4.78, 5) is 0. The first-order valence-electron chi connectivity index (χ1n) is 4.00. The fraction of sp³-hybridized carbons (Fsp3) is 1.00. The van der Waals surface area contributed by atoms with Crippen LogP contribution in [0, 0.1) is 5.92 Å². The highest BCUT2D eigenvalue weighted by molar-refractivity contribution is 4.72. The fourth-order valence-corrected chi connectivity index (χ4v) is 1.62. The predicted molar refractivity (Wildman–Crippen MR) is 39.8 cm³/mol. The number of aliphatic hydroxyl groups excluding tert-OH is 1. The molecule has 0 bridgehead atoms. The second-order valence-corrected chi connectivity index (χ2v) is 3.07. The van der Waals surface area contributed by atoms with Crippen LogP contribution in [0.2, 0.25) is 0 Å². The Bertz CT molecular complexity index is 83.3. The van der Waals surface area contributed by atoms with Crippen LogP contribution in [0.15, 0.2) is 0 Å². The molecule has 0 heterocycles. The molecule has 60 valence electrons. The molecule has 0 radical (unpaired) electrons. The molecule has 0 unspecified atom stereocenters. The van der Waals surface area contributed by atoms with Crippen LogP contribution in [-0.4, -0.2) is 24.9 Å². The molecule has 1 aliphatic rings. The third-order valence-corrected chi connectivity index (χ3v) is 2.33. The maximum absolute atomic E-state index is 8.85. The molecule has 1 rings (SSSR count). The predicted octanol–water partition coefficient (Wildman–Crippen LogP) is 1.18. The molecule has 0 amide bonds. The molecular weight excluding hydrogens is 128 g/mol. The van der Waals surface area contributed by atoms with Crippen molar-refractivity contribution in [3.63, 3.8) is 0 Å². The minimum absolute atomic E-state index is 0.333. The minimum Gasteiger partial charge on any atom is -0.396 e. The van der Waals surface area contributed by atoms with Crippen LogP contribution < -0.4 is 0 Å². The van der Waals surface area contributed by atoms with Crippen LogP contribution in [-0.2, 0) is 4.74 Å². The van der Waals surface area contributed by atoms with Gasteiger partial charge in [0.05, 0.1) is 6.10 Å². The molecule has 1 saturated carbocycles. The van der Waals surface area contributed by atoms with Gasteiger partial charge >= 0.3 is 0 Å². The lowest BCUT2D eigenvalue weighted by Crippen LogP contribution is -2.23. The summed E-state index contributed by atoms with van der Waals surface area (Å²) in [5.74, 6) is 0.499. The zero-order valence-electron chi connectivity index (χ0n) is 6.55. The molecular formula is C8H16O2. The topological polar surface area (TPSA) is 29.5 Å². The third kappa shape index (κ3) is 1.96. The van der Waals surface area contributed by atoms with Crippen molar-refractivity contribution in [2.45, 2.75) is 31.8 Å². The van der Waals surface area contributed by atoms with Crippen molar-refractivity contribution in [3.8, 4) is 0 Å². The molecule has 1 N–H and O–H groups in total. The number of ether oxygens (including phenoxy) is 1. The average Bonchev–Trinajstić information content (AvgIpc) is 2.05. The second kappa shape index (κ2) is 3.94. The number of rotatable bonds is 2. The van der Waals surface area contributed by atoms with Gasteiger partial charge < -0.3 is 9.84 Å². The lowest BCUT2D eigenvalue weighted by atomic mass is 9.88. The molecule has 0 spiro atoms. The quantitative estimate of drug-likeness (QED) is 0.630. The van der Waals surface area contributed by atoms with E-state index in [0.29, 0.717) is 18.6 Å². The van der Waals surface area contributed by atoms with E-state index in [2.05, 4.69) is 0 Å². The van der Waals surface area contributed by atoms with Gasteiger partial charge in [0.2, 0.25) is 0 Å². The Labute approximate surface area is 62.2 Å². The van der Waals surface area contributed by atoms with E-state index >= 15 is 0 Å². The molecule has 1 fully saturated rings. The Kier molecular flexibility index (Phi) is 3.16. The Hall–Kier alpha value is -0.0800. The van der Waals surface area contributed by atoms with Crippen LogP contribution >= 0.6 is 0 Å². The zero-order chi connectivity index (χ0) is 7.40. The standard InChI is InChI=1S/C8H16O2/c1-10-8-4-2-3-7(5-8)6-9/h7-9H,2-6H2,1H3/t7-,8+/m0/s1. The van der Waals surface area contributed by atoms with Gasteiger partial charge in [0.25, 0.3) is 0 Å². The summed E-state index contributed by atoms with van der Waals surface area (Å²) in [7, 11) is 1.75. The number of hydrogen-bond donors (Lipinski definition) is 1. The number of hydrogen-bond acceptors (Lipinski definition) is 2. The van der Waals surface area contributed by atoms with Gasteiger partial charge in [0, 0.05) is 13.7 Å². The summed E-state index contributed by atoms with van der Waals surface area (Å²) in [6.45, 7) is 0.333. The smallest absolute Gasteiger partial charge is 0.0574 e. The molecule has 0 aromatic rings. The van der Waals surface area contributed by atoms with Gasteiger partial charge in [0.15, 0.2) is 0 Å². The minimum atomic E-state index is 0.333. The zero-order valence-corrected chi connectivity index (χ0v) is 6.55. The molecule has 0 saturated heterocycles. The second-order valence-electron chi connectivity index (χ2n) is 3.07. The fourth-order valence-electron chi connectivity index (χ4n) is 1.62. The van der Waals surface area contributed by atoms with Crippen molar-refractivity contribution >= 4 is 0 Å². The van der Waals surface area contributed by atoms with E-state index in [9.17, 15) is 0 Å². The Morgan fingerprint density at radius 1 is 1.50 bits per heavy atom. The first-order valence-corrected chi connectivity index (χ1v) is 4.00. The monoisotopic (exact) mass is 144 g/mol. The van der Waals surface area contributed by atoms with Crippen molar-refractivity contribution in [1.29, 1.82) is 0 Å². The maximum Gasteiger partial charge on any atom is 0.0574 e. The van der Waals surface area contributed by atoms with Crippen molar-refractivity contribution in [1.82, 2.24) is 0 Å². The highest BCUT2D eigenvalue weighted by Crippen LogP contribution is 2.25. The van der Waals surface area contributed by atoms with Gasteiger partial charge in [-0.1, -0.05) is 6.42 Å². The lowest BCUT2D eigenvalue weighted by Gasteiger charge is -2.26. The molecule has 0 aromatic heterocycles. The van der Waals surface area contributed by atoms with E-state index in [1.54, 1.807) is 7.11 Å². The van der Waals surface area contributed by atoms with Crippen molar-refractivity contribution in [2.75, 3.05) is 13.7 Å². The summed E-state index contributed by atoms with van der Waals surface area (Å²) in [6.07, 6.45) is 5.02. The summed E-state index contributed by atoms with van der Waals surface area (Å²) < 4.78 is 5.21. The summed E-state index contributed by atoms with van der Waals surface area (Å²) in [5, 5.41) is 8.85. The Morgan fingerprint density at radius 3 is 2.90 bits per heavy atom. The van der Waals surface area contributed by atoms with E-state index in [0.717, 1.165) is 6.42 Å². The van der Waals surface area contributed by atoms with Gasteiger partial charge in [-0.25, -0.2) is 0 Å². The van der Waals surface area contributed by atoms with Crippen molar-refractivity contribution in [3.05, 3.63) is 0 Å². The third-order valence-electron chi connectivity index (χ3n) is 2.33. The molecule has 0 aromatic carbocycles. The molecule has 1 aliphatic carbocycles. The summed E-state index contributed by atoms with van der Waals surface area (Å²) >= 11 is 0. The highest BCUT2D eigenvalue weighted by atomic mass is 16.5. The Balaban J connectivity index is 2.25. The van der Waals surface area contributed by atoms with Gasteiger partial charge in [0.1, 0.15) is 0 Å². The van der Waals surface area contributed by atoms with Crippen LogP contribution in [0.5, 0.6) is 0 Å². The highest BCUT2D eigenvalue weighted by Gasteiger charge is 2.20. The molecule has 0 aliphatic heterocycles. The van der Waals surface area contributed by atoms with E-state index in [1.165, 1.54) is 19.3 Å². The van der Waals surface area contributed by atoms with Gasteiger partial charge in [-0.15, -0.1) is 0 Å². The van der Waals surface area contributed by atoms with Crippen LogP contribution in [0.1, 0.15) is 25.7 Å². The first-order chi connectivity index (χ1) is 4.86. The number of methoxy groups -OCH3 is 1. The van der Waals surface area contributed by atoms with E-state index in [-0.39, 0.29) is 0 Å². The summed E-state index contributed by atoms with van der Waals surface area (Å²) in [6, 6.07) is 0.